The number of H-pyrrole nitrogens is 1. The lowest BCUT2D eigenvalue weighted by Crippen LogP contribution is -2.30. The fourth-order valence-electron chi connectivity index (χ4n) is 2.34. The molecule has 7 heteroatoms. The molecule has 0 fully saturated rings. The summed E-state index contributed by atoms with van der Waals surface area (Å²) in [6, 6.07) is 10.9. The summed E-state index contributed by atoms with van der Waals surface area (Å²) in [5, 5.41) is 3.27. The van der Waals surface area contributed by atoms with Crippen LogP contribution in [0.2, 0.25) is 5.02 Å². The molecular weight excluding hydrogens is 347 g/mol. The van der Waals surface area contributed by atoms with Gasteiger partial charge in [-0.25, -0.2) is 9.18 Å². The zero-order valence-electron chi connectivity index (χ0n) is 13.2. The molecule has 0 aliphatic heterocycles. The first-order valence-corrected chi connectivity index (χ1v) is 7.86. The molecule has 0 spiro atoms. The molecular formula is C18H14ClFN2O3. The molecule has 0 unspecified atom stereocenters. The van der Waals surface area contributed by atoms with Crippen molar-refractivity contribution in [2.24, 2.45) is 0 Å². The molecule has 3 rings (SSSR count). The molecule has 5 nitrogen and oxygen atoms in total. The molecule has 2 aromatic carbocycles. The van der Waals surface area contributed by atoms with E-state index in [2.05, 4.69) is 10.3 Å². The standard InChI is InChI=1S/C18H14ClFN2O3/c1-10(17(23)22-16-7-6-11(20)8-14(16)19)25-18(24)13-9-21-15-5-3-2-4-12(13)15/h2-10,21H,1H3,(H,22,23)/t10-/m1/s1. The number of anilines is 1. The van der Waals surface area contributed by atoms with Gasteiger partial charge in [0.25, 0.3) is 5.91 Å². The predicted octanol–water partition coefficient (Wildman–Crippen LogP) is 4.14. The number of rotatable bonds is 4. The fourth-order valence-corrected chi connectivity index (χ4v) is 2.56. The van der Waals surface area contributed by atoms with Crippen molar-refractivity contribution in [2.75, 3.05) is 5.32 Å². The second kappa shape index (κ2) is 6.94. The molecule has 2 N–H and O–H groups in total. The molecule has 0 saturated heterocycles. The molecule has 0 radical (unpaired) electrons. The first-order valence-electron chi connectivity index (χ1n) is 7.48. The first kappa shape index (κ1) is 17.0. The number of carbonyl (C=O) groups excluding carboxylic acids is 2. The van der Waals surface area contributed by atoms with E-state index in [1.807, 2.05) is 12.1 Å². The van der Waals surface area contributed by atoms with Gasteiger partial charge in [-0.3, -0.25) is 4.79 Å². The zero-order chi connectivity index (χ0) is 18.0. The van der Waals surface area contributed by atoms with Crippen LogP contribution in [-0.4, -0.2) is 23.0 Å². The van der Waals surface area contributed by atoms with E-state index in [-0.39, 0.29) is 10.7 Å². The Balaban J connectivity index is 1.69. The van der Waals surface area contributed by atoms with E-state index in [1.54, 1.807) is 12.1 Å². The van der Waals surface area contributed by atoms with Gasteiger partial charge < -0.3 is 15.0 Å². The van der Waals surface area contributed by atoms with Crippen molar-refractivity contribution in [3.05, 3.63) is 65.1 Å². The van der Waals surface area contributed by atoms with Gasteiger partial charge in [-0.1, -0.05) is 29.8 Å². The smallest absolute Gasteiger partial charge is 0.341 e. The van der Waals surface area contributed by atoms with Crippen LogP contribution in [0, 0.1) is 5.82 Å². The Kier molecular flexibility index (Phi) is 4.72. The van der Waals surface area contributed by atoms with Crippen LogP contribution in [0.5, 0.6) is 0 Å². The van der Waals surface area contributed by atoms with Gasteiger partial charge in [-0.15, -0.1) is 0 Å². The molecule has 3 aromatic rings. The summed E-state index contributed by atoms with van der Waals surface area (Å²) in [7, 11) is 0. The summed E-state index contributed by atoms with van der Waals surface area (Å²) in [4.78, 5) is 27.4. The Morgan fingerprint density at radius 3 is 2.76 bits per heavy atom. The molecule has 0 bridgehead atoms. The van der Waals surface area contributed by atoms with Gasteiger partial charge in [-0.2, -0.15) is 0 Å². The maximum Gasteiger partial charge on any atom is 0.341 e. The maximum atomic E-state index is 13.0. The van der Waals surface area contributed by atoms with Crippen molar-refractivity contribution < 1.29 is 18.7 Å². The lowest BCUT2D eigenvalue weighted by molar-refractivity contribution is -0.123. The number of esters is 1. The maximum absolute atomic E-state index is 13.0. The van der Waals surface area contributed by atoms with Crippen LogP contribution in [0.3, 0.4) is 0 Å². The van der Waals surface area contributed by atoms with Crippen molar-refractivity contribution in [3.63, 3.8) is 0 Å². The van der Waals surface area contributed by atoms with Crippen LogP contribution in [0.4, 0.5) is 10.1 Å². The SMILES string of the molecule is C[C@@H](OC(=O)c1c[nH]c2ccccc12)C(=O)Nc1ccc(F)cc1Cl. The van der Waals surface area contributed by atoms with E-state index in [0.717, 1.165) is 11.6 Å². The topological polar surface area (TPSA) is 71.2 Å². The second-order valence-corrected chi connectivity index (χ2v) is 5.82. The molecule has 0 aliphatic rings. The van der Waals surface area contributed by atoms with E-state index in [9.17, 15) is 14.0 Å². The molecule has 0 aliphatic carbocycles. The summed E-state index contributed by atoms with van der Waals surface area (Å²) in [6.07, 6.45) is 0.483. The largest absolute Gasteiger partial charge is 0.449 e. The van der Waals surface area contributed by atoms with Crippen molar-refractivity contribution in [1.82, 2.24) is 4.98 Å². The lowest BCUT2D eigenvalue weighted by atomic mass is 10.2. The average Bonchev–Trinajstić information content (AvgIpc) is 3.01. The third-order valence-electron chi connectivity index (χ3n) is 3.65. The number of hydrogen-bond donors (Lipinski definition) is 2. The fraction of sp³-hybridized carbons (Fsp3) is 0.111. The Bertz CT molecular complexity index is 954. The van der Waals surface area contributed by atoms with E-state index >= 15 is 0 Å². The van der Waals surface area contributed by atoms with Crippen LogP contribution in [0.25, 0.3) is 10.9 Å². The predicted molar refractivity (Wildman–Crippen MR) is 93.2 cm³/mol. The number of carbonyl (C=O) groups is 2. The van der Waals surface area contributed by atoms with Crippen molar-refractivity contribution in [3.8, 4) is 0 Å². The molecule has 25 heavy (non-hydrogen) atoms. The van der Waals surface area contributed by atoms with Gasteiger partial charge in [0.05, 0.1) is 16.3 Å². The van der Waals surface area contributed by atoms with Crippen molar-refractivity contribution in [2.45, 2.75) is 13.0 Å². The molecule has 1 amide bonds. The van der Waals surface area contributed by atoms with Gasteiger partial charge in [0, 0.05) is 17.1 Å². The Morgan fingerprint density at radius 1 is 1.24 bits per heavy atom. The highest BCUT2D eigenvalue weighted by Crippen LogP contribution is 2.23. The quantitative estimate of drug-likeness (QED) is 0.687. The zero-order valence-corrected chi connectivity index (χ0v) is 13.9. The van der Waals surface area contributed by atoms with Crippen molar-refractivity contribution in [1.29, 1.82) is 0 Å². The summed E-state index contributed by atoms with van der Waals surface area (Å²) in [5.41, 5.74) is 1.38. The van der Waals surface area contributed by atoms with Crippen LogP contribution in [-0.2, 0) is 9.53 Å². The third kappa shape index (κ3) is 3.64. The first-order chi connectivity index (χ1) is 12.0. The van der Waals surface area contributed by atoms with E-state index in [4.69, 9.17) is 16.3 Å². The monoisotopic (exact) mass is 360 g/mol. The van der Waals surface area contributed by atoms with Crippen LogP contribution in [0.15, 0.2) is 48.7 Å². The van der Waals surface area contributed by atoms with Crippen LogP contribution >= 0.6 is 11.6 Å². The van der Waals surface area contributed by atoms with Gasteiger partial charge in [0.15, 0.2) is 6.10 Å². The number of amides is 1. The van der Waals surface area contributed by atoms with E-state index < -0.39 is 23.8 Å². The van der Waals surface area contributed by atoms with Crippen LogP contribution in [0.1, 0.15) is 17.3 Å². The molecule has 1 atom stereocenters. The Hall–Kier alpha value is -2.86. The molecule has 0 saturated carbocycles. The molecule has 128 valence electrons. The van der Waals surface area contributed by atoms with Gasteiger partial charge in [0.1, 0.15) is 5.82 Å². The highest BCUT2D eigenvalue weighted by Gasteiger charge is 2.21. The Morgan fingerprint density at radius 2 is 2.00 bits per heavy atom. The average molecular weight is 361 g/mol. The number of para-hydroxylation sites is 1. The lowest BCUT2D eigenvalue weighted by Gasteiger charge is -2.14. The number of aromatic amines is 1. The highest BCUT2D eigenvalue weighted by atomic mass is 35.5. The summed E-state index contributed by atoms with van der Waals surface area (Å²) < 4.78 is 18.2. The summed E-state index contributed by atoms with van der Waals surface area (Å²) in [5.74, 6) is -1.70. The van der Waals surface area contributed by atoms with Gasteiger partial charge in [-0.05, 0) is 31.2 Å². The number of nitrogens with one attached hydrogen (secondary N) is 2. The number of fused-ring (bicyclic) bond motifs is 1. The van der Waals surface area contributed by atoms with Gasteiger partial charge >= 0.3 is 5.97 Å². The number of ether oxygens (including phenoxy) is 1. The minimum absolute atomic E-state index is 0.0588. The van der Waals surface area contributed by atoms with Gasteiger partial charge in [0.2, 0.25) is 0 Å². The van der Waals surface area contributed by atoms with Crippen LogP contribution < -0.4 is 5.32 Å². The highest BCUT2D eigenvalue weighted by molar-refractivity contribution is 6.33. The summed E-state index contributed by atoms with van der Waals surface area (Å²) >= 11 is 5.86. The van der Waals surface area contributed by atoms with E-state index in [0.29, 0.717) is 10.9 Å². The van der Waals surface area contributed by atoms with Crippen molar-refractivity contribution >= 4 is 40.1 Å². The number of aromatic nitrogens is 1. The number of benzene rings is 2. The number of hydrogen-bond acceptors (Lipinski definition) is 3. The molecule has 1 aromatic heterocycles. The minimum Gasteiger partial charge on any atom is -0.449 e. The van der Waals surface area contributed by atoms with E-state index in [1.165, 1.54) is 25.3 Å². The minimum atomic E-state index is -1.05. The third-order valence-corrected chi connectivity index (χ3v) is 3.96. The normalized spacial score (nSPS) is 12.0. The summed E-state index contributed by atoms with van der Waals surface area (Å²) in [6.45, 7) is 1.44. The molecule has 1 heterocycles. The Labute approximate surface area is 147 Å². The second-order valence-electron chi connectivity index (χ2n) is 5.41. The number of halogens is 2.